The lowest BCUT2D eigenvalue weighted by molar-refractivity contribution is 0.242. The van der Waals surface area contributed by atoms with Crippen molar-refractivity contribution in [1.29, 1.82) is 5.26 Å². The molecule has 0 bridgehead atoms. The van der Waals surface area contributed by atoms with Gasteiger partial charge in [-0.1, -0.05) is 42.5 Å². The van der Waals surface area contributed by atoms with Crippen LogP contribution in [0.5, 0.6) is 17.2 Å². The van der Waals surface area contributed by atoms with Crippen LogP contribution < -0.4 is 14.2 Å². The second kappa shape index (κ2) is 11.2. The van der Waals surface area contributed by atoms with E-state index < -0.39 is 0 Å². The van der Waals surface area contributed by atoms with E-state index in [0.29, 0.717) is 22.6 Å². The molecule has 0 unspecified atom stereocenters. The molecule has 1 aromatic heterocycles. The van der Waals surface area contributed by atoms with Crippen LogP contribution in [-0.2, 0) is 0 Å². The number of nitrogens with zero attached hydrogens (tertiary/aromatic N) is 2. The summed E-state index contributed by atoms with van der Waals surface area (Å²) in [5.41, 5.74) is 3.44. The van der Waals surface area contributed by atoms with E-state index >= 15 is 0 Å². The van der Waals surface area contributed by atoms with Gasteiger partial charge >= 0.3 is 0 Å². The quantitative estimate of drug-likeness (QED) is 0.194. The Kier molecular flexibility index (Phi) is 7.33. The maximum Gasteiger partial charge on any atom is 0.238 e. The van der Waals surface area contributed by atoms with Gasteiger partial charge in [0.1, 0.15) is 34.6 Å². The molecule has 0 aliphatic rings. The molecule has 0 amide bonds. The van der Waals surface area contributed by atoms with Crippen molar-refractivity contribution in [3.63, 3.8) is 0 Å². The van der Waals surface area contributed by atoms with Crippen LogP contribution in [0.1, 0.15) is 25.0 Å². The van der Waals surface area contributed by atoms with Crippen molar-refractivity contribution in [3.8, 4) is 45.8 Å². The molecule has 0 atom stereocenters. The van der Waals surface area contributed by atoms with Crippen molar-refractivity contribution >= 4 is 22.9 Å². The average molecular weight is 517 g/mol. The predicted octanol–water partition coefficient (Wildman–Crippen LogP) is 8.19. The Morgan fingerprint density at radius 3 is 2.08 bits per heavy atom. The highest BCUT2D eigenvalue weighted by atomic mass is 16.5. The number of hydrogen-bond donors (Lipinski definition) is 0. The maximum atomic E-state index is 10.3. The summed E-state index contributed by atoms with van der Waals surface area (Å²) < 4.78 is 23.1. The summed E-state index contributed by atoms with van der Waals surface area (Å²) in [6.07, 6.45) is 1.70. The van der Waals surface area contributed by atoms with Crippen molar-refractivity contribution in [2.45, 2.75) is 20.0 Å². The summed E-state index contributed by atoms with van der Waals surface area (Å²) >= 11 is 0. The Morgan fingerprint density at radius 2 is 1.46 bits per heavy atom. The lowest BCUT2D eigenvalue weighted by Crippen LogP contribution is -2.07. The van der Waals surface area contributed by atoms with Crippen molar-refractivity contribution in [2.75, 3.05) is 14.2 Å². The average Bonchev–Trinajstić information content (AvgIpc) is 3.34. The topological polar surface area (TPSA) is 77.0 Å². The molecule has 0 saturated heterocycles. The Hall–Kier alpha value is -5.02. The van der Waals surface area contributed by atoms with E-state index in [9.17, 15) is 5.26 Å². The van der Waals surface area contributed by atoms with Gasteiger partial charge in [0, 0.05) is 22.9 Å². The molecule has 0 saturated carbocycles. The third-order valence-electron chi connectivity index (χ3n) is 6.34. The molecule has 39 heavy (non-hydrogen) atoms. The molecule has 6 heteroatoms. The van der Waals surface area contributed by atoms with Gasteiger partial charge in [-0.25, -0.2) is 4.99 Å². The fraction of sp³-hybridized carbons (Fsp3) is 0.152. The van der Waals surface area contributed by atoms with Crippen molar-refractivity contribution in [1.82, 2.24) is 0 Å². The molecule has 0 aliphatic heterocycles. The van der Waals surface area contributed by atoms with Gasteiger partial charge in [0.2, 0.25) is 5.88 Å². The fourth-order valence-corrected chi connectivity index (χ4v) is 4.48. The first-order valence-corrected chi connectivity index (χ1v) is 12.6. The van der Waals surface area contributed by atoms with Crippen LogP contribution in [0.4, 0.5) is 5.88 Å². The zero-order valence-corrected chi connectivity index (χ0v) is 22.3. The van der Waals surface area contributed by atoms with E-state index in [1.807, 2.05) is 98.8 Å². The lowest BCUT2D eigenvalue weighted by Gasteiger charge is -2.14. The number of ether oxygens (including phenoxy) is 3. The summed E-state index contributed by atoms with van der Waals surface area (Å²) in [6, 6.07) is 29.4. The van der Waals surface area contributed by atoms with Gasteiger partial charge in [-0.3, -0.25) is 0 Å². The summed E-state index contributed by atoms with van der Waals surface area (Å²) in [5, 5.41) is 12.4. The standard InChI is InChI=1S/C33H28N2O4/c1-21(2)38-30-18-13-22-7-5-6-8-27(22)29(30)20-35-33-28(19-34)31(23-9-14-25(36-3)15-10-23)32(39-33)24-11-16-26(37-4)17-12-24/h5-18,20-21H,1-4H3. The first-order chi connectivity index (χ1) is 19.0. The molecule has 5 aromatic rings. The summed E-state index contributed by atoms with van der Waals surface area (Å²) in [5.74, 6) is 2.92. The number of furan rings is 1. The molecular formula is C33H28N2O4. The molecule has 0 aliphatic carbocycles. The molecule has 5 rings (SSSR count). The number of methoxy groups -OCH3 is 2. The molecule has 0 N–H and O–H groups in total. The molecular weight excluding hydrogens is 488 g/mol. The molecule has 0 radical (unpaired) electrons. The highest BCUT2D eigenvalue weighted by Crippen LogP contribution is 2.43. The van der Waals surface area contributed by atoms with Crippen molar-refractivity contribution < 1.29 is 18.6 Å². The van der Waals surface area contributed by atoms with Crippen LogP contribution in [-0.4, -0.2) is 26.5 Å². The second-order valence-electron chi connectivity index (χ2n) is 9.18. The van der Waals surface area contributed by atoms with Gasteiger partial charge in [-0.2, -0.15) is 5.26 Å². The number of rotatable bonds is 8. The maximum absolute atomic E-state index is 10.3. The van der Waals surface area contributed by atoms with Crippen LogP contribution in [0.3, 0.4) is 0 Å². The SMILES string of the molecule is COc1ccc(-c2oc(N=Cc3c(OC(C)C)ccc4ccccc34)c(C#N)c2-c2ccc(OC)cc2)cc1. The van der Waals surface area contributed by atoms with E-state index in [1.165, 1.54) is 0 Å². The number of fused-ring (bicyclic) bond motifs is 1. The summed E-state index contributed by atoms with van der Waals surface area (Å²) in [4.78, 5) is 4.72. The van der Waals surface area contributed by atoms with Crippen LogP contribution >= 0.6 is 0 Å². The van der Waals surface area contributed by atoms with E-state index in [2.05, 4.69) is 6.07 Å². The largest absolute Gasteiger partial charge is 0.497 e. The Morgan fingerprint density at radius 1 is 0.821 bits per heavy atom. The second-order valence-corrected chi connectivity index (χ2v) is 9.18. The molecule has 4 aromatic carbocycles. The van der Waals surface area contributed by atoms with E-state index in [-0.39, 0.29) is 12.0 Å². The van der Waals surface area contributed by atoms with Crippen LogP contribution in [0.2, 0.25) is 0 Å². The third kappa shape index (κ3) is 5.21. The third-order valence-corrected chi connectivity index (χ3v) is 6.34. The predicted molar refractivity (Wildman–Crippen MR) is 154 cm³/mol. The first-order valence-electron chi connectivity index (χ1n) is 12.6. The summed E-state index contributed by atoms with van der Waals surface area (Å²) in [6.45, 7) is 3.97. The Bertz CT molecular complexity index is 1670. The van der Waals surface area contributed by atoms with Gasteiger partial charge < -0.3 is 18.6 Å². The first kappa shape index (κ1) is 25.6. The highest BCUT2D eigenvalue weighted by Gasteiger charge is 2.23. The van der Waals surface area contributed by atoms with E-state index in [1.54, 1.807) is 20.4 Å². The van der Waals surface area contributed by atoms with Crippen LogP contribution in [0, 0.1) is 11.3 Å². The molecule has 0 spiro atoms. The fourth-order valence-electron chi connectivity index (χ4n) is 4.48. The van der Waals surface area contributed by atoms with Gasteiger partial charge in [0.25, 0.3) is 0 Å². The number of nitriles is 1. The smallest absolute Gasteiger partial charge is 0.238 e. The Balaban J connectivity index is 1.69. The van der Waals surface area contributed by atoms with Crippen LogP contribution in [0.25, 0.3) is 33.2 Å². The highest BCUT2D eigenvalue weighted by molar-refractivity contribution is 6.03. The monoisotopic (exact) mass is 516 g/mol. The minimum atomic E-state index is -0.0139. The zero-order chi connectivity index (χ0) is 27.4. The van der Waals surface area contributed by atoms with Crippen LogP contribution in [0.15, 0.2) is 94.3 Å². The van der Waals surface area contributed by atoms with E-state index in [0.717, 1.165) is 39.0 Å². The Labute approximate surface area is 227 Å². The number of benzene rings is 4. The van der Waals surface area contributed by atoms with Gasteiger partial charge in [0.05, 0.1) is 20.3 Å². The summed E-state index contributed by atoms with van der Waals surface area (Å²) in [7, 11) is 3.24. The molecule has 0 fully saturated rings. The van der Waals surface area contributed by atoms with Gasteiger partial charge in [-0.15, -0.1) is 0 Å². The number of aliphatic imine (C=N–C) groups is 1. The van der Waals surface area contributed by atoms with E-state index in [4.69, 9.17) is 23.6 Å². The molecule has 1 heterocycles. The molecule has 194 valence electrons. The molecule has 6 nitrogen and oxygen atoms in total. The van der Waals surface area contributed by atoms with Crippen molar-refractivity contribution in [3.05, 3.63) is 96.1 Å². The lowest BCUT2D eigenvalue weighted by atomic mass is 9.98. The van der Waals surface area contributed by atoms with Gasteiger partial charge in [-0.05, 0) is 72.6 Å². The minimum absolute atomic E-state index is 0.0139. The van der Waals surface area contributed by atoms with Crippen molar-refractivity contribution in [2.24, 2.45) is 4.99 Å². The minimum Gasteiger partial charge on any atom is -0.497 e. The van der Waals surface area contributed by atoms with Gasteiger partial charge in [0.15, 0.2) is 0 Å². The normalized spacial score (nSPS) is 11.2. The number of hydrogen-bond acceptors (Lipinski definition) is 6. The zero-order valence-electron chi connectivity index (χ0n) is 22.3.